The Bertz CT molecular complexity index is 797. The second kappa shape index (κ2) is 8.07. The Labute approximate surface area is 157 Å². The van der Waals surface area contributed by atoms with Crippen molar-refractivity contribution in [3.05, 3.63) is 40.4 Å². The predicted octanol–water partition coefficient (Wildman–Crippen LogP) is 5.42. The van der Waals surface area contributed by atoms with E-state index in [0.717, 1.165) is 0 Å². The first kappa shape index (κ1) is 19.5. The van der Waals surface area contributed by atoms with E-state index in [-0.39, 0.29) is 30.2 Å². The number of benzene rings is 2. The molecule has 2 aromatic rings. The largest absolute Gasteiger partial charge is 0.465 e. The summed E-state index contributed by atoms with van der Waals surface area (Å²) in [7, 11) is 0. The van der Waals surface area contributed by atoms with Gasteiger partial charge < -0.3 is 9.47 Å². The van der Waals surface area contributed by atoms with Gasteiger partial charge in [0.05, 0.1) is 16.7 Å². The van der Waals surface area contributed by atoms with Crippen molar-refractivity contribution in [2.75, 3.05) is 6.61 Å². The van der Waals surface area contributed by atoms with Crippen molar-refractivity contribution in [3.63, 3.8) is 0 Å². The number of halogens is 2. The van der Waals surface area contributed by atoms with Crippen LogP contribution in [0.15, 0.2) is 30.3 Å². The zero-order valence-electron chi connectivity index (χ0n) is 14.4. The molecule has 0 aliphatic heterocycles. The normalized spacial score (nSPS) is 11.4. The van der Waals surface area contributed by atoms with Crippen molar-refractivity contribution < 1.29 is 19.1 Å². The topological polar surface area (TPSA) is 52.6 Å². The van der Waals surface area contributed by atoms with Gasteiger partial charge >= 0.3 is 11.9 Å². The van der Waals surface area contributed by atoms with E-state index in [9.17, 15) is 9.59 Å². The second-order valence-electron chi connectivity index (χ2n) is 5.61. The predicted molar refractivity (Wildman–Crippen MR) is 99.3 cm³/mol. The first-order valence-electron chi connectivity index (χ1n) is 8.17. The summed E-state index contributed by atoms with van der Waals surface area (Å²) in [5.41, 5.74) is -1.36. The Morgan fingerprint density at radius 3 is 2.12 bits per heavy atom. The summed E-state index contributed by atoms with van der Waals surface area (Å²) in [5.74, 6) is -1.06. The molecule has 134 valence electrons. The van der Waals surface area contributed by atoms with Gasteiger partial charge in [0.15, 0.2) is 11.2 Å². The maximum Gasteiger partial charge on any atom is 0.328 e. The number of carbonyl (C=O) groups excluding carboxylic acids is 2. The summed E-state index contributed by atoms with van der Waals surface area (Å²) >= 11 is 12.5. The van der Waals surface area contributed by atoms with Crippen LogP contribution in [0.4, 0.5) is 0 Å². The molecule has 0 aromatic heterocycles. The van der Waals surface area contributed by atoms with E-state index in [2.05, 4.69) is 0 Å². The van der Waals surface area contributed by atoms with Crippen LogP contribution in [-0.2, 0) is 14.3 Å². The van der Waals surface area contributed by atoms with E-state index in [1.54, 1.807) is 32.9 Å². The van der Waals surface area contributed by atoms with Crippen LogP contribution in [0.2, 0.25) is 10.0 Å². The van der Waals surface area contributed by atoms with E-state index in [1.165, 1.54) is 6.07 Å². The molecule has 0 amide bonds. The zero-order valence-corrected chi connectivity index (χ0v) is 15.9. The molecular formula is C19H20Cl2O4. The van der Waals surface area contributed by atoms with Gasteiger partial charge in [-0.05, 0) is 25.8 Å². The molecule has 0 aliphatic rings. The number of carbonyl (C=O) groups is 2. The minimum atomic E-state index is -1.36. The molecule has 0 saturated carbocycles. The molecule has 0 heterocycles. The number of hydrogen-bond donors (Lipinski definition) is 0. The van der Waals surface area contributed by atoms with E-state index < -0.39 is 17.4 Å². The fourth-order valence-corrected chi connectivity index (χ4v) is 3.33. The quantitative estimate of drug-likeness (QED) is 0.380. The number of rotatable bonds is 6. The van der Waals surface area contributed by atoms with Crippen LogP contribution < -0.4 is 4.74 Å². The summed E-state index contributed by atoms with van der Waals surface area (Å²) in [6, 6.07) is 8.72. The average Bonchev–Trinajstić information content (AvgIpc) is 2.60. The first-order valence-corrected chi connectivity index (χ1v) is 8.93. The highest BCUT2D eigenvalue weighted by Gasteiger charge is 2.46. The summed E-state index contributed by atoms with van der Waals surface area (Å²) < 4.78 is 10.7. The van der Waals surface area contributed by atoms with Crippen molar-refractivity contribution >= 4 is 45.9 Å². The molecule has 0 fully saturated rings. The lowest BCUT2D eigenvalue weighted by atomic mass is 9.82. The summed E-state index contributed by atoms with van der Waals surface area (Å²) in [5, 5.41) is 1.99. The third kappa shape index (κ3) is 3.60. The second-order valence-corrected chi connectivity index (χ2v) is 6.43. The van der Waals surface area contributed by atoms with E-state index in [4.69, 9.17) is 32.7 Å². The fourth-order valence-electron chi connectivity index (χ4n) is 2.75. The highest BCUT2D eigenvalue weighted by molar-refractivity contribution is 6.40. The van der Waals surface area contributed by atoms with Gasteiger partial charge in [-0.3, -0.25) is 9.59 Å². The van der Waals surface area contributed by atoms with Gasteiger partial charge in [0.25, 0.3) is 0 Å². The van der Waals surface area contributed by atoms with Crippen LogP contribution in [0.1, 0.15) is 33.6 Å². The third-order valence-electron chi connectivity index (χ3n) is 4.36. The van der Waals surface area contributed by atoms with Crippen LogP contribution in [0, 0.1) is 5.41 Å². The minimum Gasteiger partial charge on any atom is -0.465 e. The third-order valence-corrected chi connectivity index (χ3v) is 4.95. The molecule has 0 saturated heterocycles. The molecule has 0 spiro atoms. The molecule has 0 atom stereocenters. The van der Waals surface area contributed by atoms with Crippen LogP contribution >= 0.6 is 23.2 Å². The molecule has 2 rings (SSSR count). The lowest BCUT2D eigenvalue weighted by molar-refractivity contribution is -0.167. The van der Waals surface area contributed by atoms with Gasteiger partial charge in [-0.1, -0.05) is 61.3 Å². The van der Waals surface area contributed by atoms with Crippen molar-refractivity contribution in [1.29, 1.82) is 0 Å². The van der Waals surface area contributed by atoms with Gasteiger partial charge in [-0.25, -0.2) is 0 Å². The molecule has 0 bridgehead atoms. The SMILES string of the molecule is CCOC(=O)C(CC)(CC)C(=O)Oc1c(Cl)cc(Cl)c2ccccc12. The Morgan fingerprint density at radius 2 is 1.56 bits per heavy atom. The highest BCUT2D eigenvalue weighted by Crippen LogP contribution is 2.40. The van der Waals surface area contributed by atoms with Crippen molar-refractivity contribution in [3.8, 4) is 5.75 Å². The van der Waals surface area contributed by atoms with Gasteiger partial charge in [0.1, 0.15) is 0 Å². The van der Waals surface area contributed by atoms with Crippen molar-refractivity contribution in [2.24, 2.45) is 5.41 Å². The van der Waals surface area contributed by atoms with E-state index in [0.29, 0.717) is 15.8 Å². The zero-order chi connectivity index (χ0) is 18.6. The van der Waals surface area contributed by atoms with Gasteiger partial charge in [0, 0.05) is 10.8 Å². The summed E-state index contributed by atoms with van der Waals surface area (Å²) in [6.45, 7) is 5.40. The molecule has 0 unspecified atom stereocenters. The molecule has 0 aliphatic carbocycles. The first-order chi connectivity index (χ1) is 11.9. The summed E-state index contributed by atoms with van der Waals surface area (Å²) in [6.07, 6.45) is 0.536. The number of esters is 2. The Morgan fingerprint density at radius 1 is 0.960 bits per heavy atom. The Kier molecular flexibility index (Phi) is 6.31. The Hall–Kier alpha value is -1.78. The minimum absolute atomic E-state index is 0.193. The van der Waals surface area contributed by atoms with Crippen LogP contribution in [0.25, 0.3) is 10.8 Å². The lowest BCUT2D eigenvalue weighted by Crippen LogP contribution is -2.42. The highest BCUT2D eigenvalue weighted by atomic mass is 35.5. The van der Waals surface area contributed by atoms with E-state index >= 15 is 0 Å². The molecule has 4 nitrogen and oxygen atoms in total. The number of hydrogen-bond acceptors (Lipinski definition) is 4. The molecular weight excluding hydrogens is 363 g/mol. The number of fused-ring (bicyclic) bond motifs is 1. The maximum atomic E-state index is 12.9. The van der Waals surface area contributed by atoms with Crippen LogP contribution in [-0.4, -0.2) is 18.5 Å². The molecule has 0 N–H and O–H groups in total. The summed E-state index contributed by atoms with van der Waals surface area (Å²) in [4.78, 5) is 25.3. The molecule has 25 heavy (non-hydrogen) atoms. The monoisotopic (exact) mass is 382 g/mol. The van der Waals surface area contributed by atoms with Crippen LogP contribution in [0.3, 0.4) is 0 Å². The molecule has 6 heteroatoms. The molecule has 2 aromatic carbocycles. The lowest BCUT2D eigenvalue weighted by Gasteiger charge is -2.27. The Balaban J connectivity index is 2.49. The van der Waals surface area contributed by atoms with Crippen LogP contribution in [0.5, 0.6) is 5.75 Å². The van der Waals surface area contributed by atoms with Crippen molar-refractivity contribution in [1.82, 2.24) is 0 Å². The van der Waals surface area contributed by atoms with E-state index in [1.807, 2.05) is 12.1 Å². The standard InChI is InChI=1S/C19H20Cl2O4/c1-4-19(5-2,17(22)24-6-3)18(23)25-16-13-10-8-7-9-12(13)14(20)11-15(16)21/h7-11H,4-6H2,1-3H3. The fraction of sp³-hybridized carbons (Fsp3) is 0.368. The smallest absolute Gasteiger partial charge is 0.328 e. The molecule has 0 radical (unpaired) electrons. The van der Waals surface area contributed by atoms with Gasteiger partial charge in [0.2, 0.25) is 0 Å². The maximum absolute atomic E-state index is 12.9. The van der Waals surface area contributed by atoms with Gasteiger partial charge in [-0.2, -0.15) is 0 Å². The number of ether oxygens (including phenoxy) is 2. The van der Waals surface area contributed by atoms with Crippen molar-refractivity contribution in [2.45, 2.75) is 33.6 Å². The average molecular weight is 383 g/mol. The van der Waals surface area contributed by atoms with Gasteiger partial charge in [-0.15, -0.1) is 0 Å².